The van der Waals surface area contributed by atoms with E-state index in [1.807, 2.05) is 6.08 Å². The Labute approximate surface area is 83.1 Å². The van der Waals surface area contributed by atoms with Crippen LogP contribution in [0.5, 0.6) is 0 Å². The van der Waals surface area contributed by atoms with Crippen LogP contribution in [0, 0.1) is 5.92 Å². The third kappa shape index (κ3) is 5.29. The van der Waals surface area contributed by atoms with Crippen molar-refractivity contribution in [2.24, 2.45) is 5.92 Å². The van der Waals surface area contributed by atoms with Gasteiger partial charge in [0.25, 0.3) is 0 Å². The lowest BCUT2D eigenvalue weighted by atomic mass is 10.1. The molecule has 76 valence electrons. The molecule has 0 radical (unpaired) electrons. The highest BCUT2D eigenvalue weighted by atomic mass is 35.7. The number of ether oxygens (including phenoxy) is 1. The van der Waals surface area contributed by atoms with Gasteiger partial charge in [-0.3, -0.25) is 0 Å². The van der Waals surface area contributed by atoms with E-state index in [0.717, 1.165) is 26.1 Å². The third-order valence-electron chi connectivity index (χ3n) is 1.96. The van der Waals surface area contributed by atoms with Gasteiger partial charge in [-0.1, -0.05) is 12.2 Å². The van der Waals surface area contributed by atoms with E-state index in [1.165, 1.54) is 0 Å². The Bertz CT molecular complexity index is 265. The average Bonchev–Trinajstić information content (AvgIpc) is 2.48. The molecular formula is C8H13ClO3S. The lowest BCUT2D eigenvalue weighted by molar-refractivity contribution is 0.186. The summed E-state index contributed by atoms with van der Waals surface area (Å²) in [5.74, 6) is 0.469. The largest absolute Gasteiger partial charge is 0.381 e. The van der Waals surface area contributed by atoms with E-state index in [1.54, 1.807) is 6.08 Å². The zero-order chi connectivity index (χ0) is 9.73. The molecule has 0 amide bonds. The van der Waals surface area contributed by atoms with Crippen LogP contribution >= 0.6 is 10.7 Å². The van der Waals surface area contributed by atoms with Crippen LogP contribution in [-0.2, 0) is 13.8 Å². The Morgan fingerprint density at radius 1 is 1.46 bits per heavy atom. The summed E-state index contributed by atoms with van der Waals surface area (Å²) in [6.45, 7) is 1.62. The van der Waals surface area contributed by atoms with Crippen LogP contribution in [0.4, 0.5) is 0 Å². The van der Waals surface area contributed by atoms with Crippen molar-refractivity contribution in [3.63, 3.8) is 0 Å². The van der Waals surface area contributed by atoms with Crippen LogP contribution in [0.3, 0.4) is 0 Å². The highest BCUT2D eigenvalue weighted by Gasteiger charge is 2.13. The van der Waals surface area contributed by atoms with Crippen molar-refractivity contribution in [3.8, 4) is 0 Å². The first kappa shape index (κ1) is 11.0. The minimum absolute atomic E-state index is 0.0812. The predicted octanol–water partition coefficient (Wildman–Crippen LogP) is 1.54. The molecule has 0 aromatic carbocycles. The standard InChI is InChI=1S/C8H13ClO3S/c9-13(10,11)6-2-1-3-8-4-5-12-7-8/h1-2,8H,3-7H2/b2-1-. The second-order valence-corrected chi connectivity index (χ2v) is 5.96. The summed E-state index contributed by atoms with van der Waals surface area (Å²) in [6, 6.07) is 0. The Morgan fingerprint density at radius 2 is 2.23 bits per heavy atom. The van der Waals surface area contributed by atoms with Gasteiger partial charge in [-0.25, -0.2) is 8.42 Å². The van der Waals surface area contributed by atoms with E-state index in [4.69, 9.17) is 15.4 Å². The molecule has 0 aromatic rings. The summed E-state index contributed by atoms with van der Waals surface area (Å²) < 4.78 is 26.2. The normalized spacial score (nSPS) is 24.2. The summed E-state index contributed by atoms with van der Waals surface area (Å²) in [7, 11) is 1.66. The molecule has 1 unspecified atom stereocenters. The third-order valence-corrected chi connectivity index (χ3v) is 2.92. The topological polar surface area (TPSA) is 43.4 Å². The predicted molar refractivity (Wildman–Crippen MR) is 52.3 cm³/mol. The quantitative estimate of drug-likeness (QED) is 0.538. The van der Waals surface area contributed by atoms with Gasteiger partial charge in [-0.05, 0) is 18.8 Å². The van der Waals surface area contributed by atoms with Gasteiger partial charge in [0.1, 0.15) is 0 Å². The van der Waals surface area contributed by atoms with Crippen molar-refractivity contribution in [1.82, 2.24) is 0 Å². The molecule has 0 spiro atoms. The van der Waals surface area contributed by atoms with E-state index in [2.05, 4.69) is 0 Å². The molecule has 0 bridgehead atoms. The maximum Gasteiger partial charge on any atom is 0.236 e. The molecule has 1 saturated heterocycles. The number of hydrogen-bond acceptors (Lipinski definition) is 3. The minimum atomic E-state index is -3.37. The fourth-order valence-electron chi connectivity index (χ4n) is 1.24. The van der Waals surface area contributed by atoms with E-state index in [0.29, 0.717) is 5.92 Å². The highest BCUT2D eigenvalue weighted by molar-refractivity contribution is 8.13. The average molecular weight is 225 g/mol. The van der Waals surface area contributed by atoms with Crippen molar-refractivity contribution in [2.45, 2.75) is 12.8 Å². The number of hydrogen-bond donors (Lipinski definition) is 0. The Balaban J connectivity index is 2.18. The van der Waals surface area contributed by atoms with Crippen LogP contribution in [0.1, 0.15) is 12.8 Å². The second kappa shape index (κ2) is 4.98. The monoisotopic (exact) mass is 224 g/mol. The minimum Gasteiger partial charge on any atom is -0.381 e. The molecule has 3 nitrogen and oxygen atoms in total. The van der Waals surface area contributed by atoms with E-state index in [-0.39, 0.29) is 5.75 Å². The molecule has 0 aromatic heterocycles. The smallest absolute Gasteiger partial charge is 0.236 e. The Kier molecular flexibility index (Phi) is 4.22. The van der Waals surface area contributed by atoms with Crippen molar-refractivity contribution in [1.29, 1.82) is 0 Å². The van der Waals surface area contributed by atoms with Gasteiger partial charge in [-0.2, -0.15) is 0 Å². The van der Waals surface area contributed by atoms with E-state index in [9.17, 15) is 8.42 Å². The molecule has 5 heteroatoms. The summed E-state index contributed by atoms with van der Waals surface area (Å²) in [5, 5.41) is 0. The first-order valence-electron chi connectivity index (χ1n) is 4.23. The number of halogens is 1. The van der Waals surface area contributed by atoms with Gasteiger partial charge in [0.15, 0.2) is 0 Å². The molecule has 1 aliphatic heterocycles. The highest BCUT2D eigenvalue weighted by Crippen LogP contribution is 2.16. The zero-order valence-corrected chi connectivity index (χ0v) is 8.85. The summed E-state index contributed by atoms with van der Waals surface area (Å²) >= 11 is 0. The molecule has 1 rings (SSSR count). The van der Waals surface area contributed by atoms with Crippen molar-refractivity contribution >= 4 is 19.7 Å². The van der Waals surface area contributed by atoms with Crippen LogP contribution in [0.25, 0.3) is 0 Å². The lowest BCUT2D eigenvalue weighted by Gasteiger charge is -2.00. The molecule has 1 aliphatic rings. The van der Waals surface area contributed by atoms with Gasteiger partial charge < -0.3 is 4.74 Å². The molecule has 0 N–H and O–H groups in total. The van der Waals surface area contributed by atoms with E-state index >= 15 is 0 Å². The van der Waals surface area contributed by atoms with Gasteiger partial charge in [0.2, 0.25) is 9.05 Å². The van der Waals surface area contributed by atoms with Crippen molar-refractivity contribution in [3.05, 3.63) is 12.2 Å². The Morgan fingerprint density at radius 3 is 2.77 bits per heavy atom. The van der Waals surface area contributed by atoms with Crippen molar-refractivity contribution < 1.29 is 13.2 Å². The SMILES string of the molecule is O=S(=O)(Cl)C/C=C\CC1CCOC1. The summed E-state index contributed by atoms with van der Waals surface area (Å²) in [4.78, 5) is 0. The molecule has 1 heterocycles. The van der Waals surface area contributed by atoms with Crippen molar-refractivity contribution in [2.75, 3.05) is 19.0 Å². The van der Waals surface area contributed by atoms with Crippen LogP contribution < -0.4 is 0 Å². The lowest BCUT2D eigenvalue weighted by Crippen LogP contribution is -1.97. The zero-order valence-electron chi connectivity index (χ0n) is 7.28. The molecule has 1 fully saturated rings. The summed E-state index contributed by atoms with van der Waals surface area (Å²) in [5.41, 5.74) is 0. The number of rotatable bonds is 4. The maximum absolute atomic E-state index is 10.5. The van der Waals surface area contributed by atoms with Crippen LogP contribution in [0.15, 0.2) is 12.2 Å². The van der Waals surface area contributed by atoms with Crippen LogP contribution in [-0.4, -0.2) is 27.4 Å². The van der Waals surface area contributed by atoms with Crippen LogP contribution in [0.2, 0.25) is 0 Å². The molecule has 0 saturated carbocycles. The molecule has 0 aliphatic carbocycles. The fraction of sp³-hybridized carbons (Fsp3) is 0.750. The van der Waals surface area contributed by atoms with Gasteiger partial charge in [-0.15, -0.1) is 0 Å². The second-order valence-electron chi connectivity index (χ2n) is 3.14. The molecule has 13 heavy (non-hydrogen) atoms. The van der Waals surface area contributed by atoms with Gasteiger partial charge >= 0.3 is 0 Å². The van der Waals surface area contributed by atoms with Gasteiger partial charge in [0, 0.05) is 23.9 Å². The molecular weight excluding hydrogens is 212 g/mol. The number of allylic oxidation sites excluding steroid dienone is 1. The summed E-state index contributed by atoms with van der Waals surface area (Å²) in [6.07, 6.45) is 5.41. The van der Waals surface area contributed by atoms with Gasteiger partial charge in [0.05, 0.1) is 5.75 Å². The Hall–Kier alpha value is -0.0600. The fourth-order valence-corrected chi connectivity index (χ4v) is 1.83. The maximum atomic E-state index is 10.5. The molecule has 1 atom stereocenters. The first-order valence-corrected chi connectivity index (χ1v) is 6.71. The van der Waals surface area contributed by atoms with E-state index < -0.39 is 9.05 Å². The first-order chi connectivity index (χ1) is 6.08.